The minimum atomic E-state index is 0. The van der Waals surface area contributed by atoms with Crippen molar-refractivity contribution in [2.45, 2.75) is 32.2 Å². The van der Waals surface area contributed by atoms with Crippen LogP contribution in [-0.2, 0) is 11.3 Å². The second kappa shape index (κ2) is 9.38. The first kappa shape index (κ1) is 17.5. The molecule has 4 nitrogen and oxygen atoms in total. The van der Waals surface area contributed by atoms with E-state index >= 15 is 0 Å². The second-order valence-corrected chi connectivity index (χ2v) is 5.18. The van der Waals surface area contributed by atoms with Crippen molar-refractivity contribution in [3.05, 3.63) is 35.4 Å². The van der Waals surface area contributed by atoms with Crippen LogP contribution in [0.25, 0.3) is 0 Å². The van der Waals surface area contributed by atoms with E-state index in [1.54, 1.807) is 0 Å². The minimum absolute atomic E-state index is 0. The molecule has 0 saturated carbocycles. The highest BCUT2D eigenvalue weighted by Gasteiger charge is 2.15. The normalized spacial score (nSPS) is 15.0. The second-order valence-electron chi connectivity index (χ2n) is 5.18. The Balaban J connectivity index is 0.00000220. The van der Waals surface area contributed by atoms with Gasteiger partial charge in [0, 0.05) is 32.6 Å². The molecule has 1 heterocycles. The van der Waals surface area contributed by atoms with Crippen LogP contribution in [0.15, 0.2) is 24.3 Å². The molecule has 1 N–H and O–H groups in total. The van der Waals surface area contributed by atoms with Crippen molar-refractivity contribution in [3.8, 4) is 6.07 Å². The van der Waals surface area contributed by atoms with E-state index < -0.39 is 0 Å². The van der Waals surface area contributed by atoms with Crippen LogP contribution < -0.4 is 5.32 Å². The number of rotatable bonds is 5. The Bertz CT molecular complexity index is 481. The summed E-state index contributed by atoms with van der Waals surface area (Å²) >= 11 is 0. The summed E-state index contributed by atoms with van der Waals surface area (Å²) < 4.78 is 0. The topological polar surface area (TPSA) is 56.1 Å². The number of benzene rings is 1. The fraction of sp³-hybridized carbons (Fsp3) is 0.500. The van der Waals surface area contributed by atoms with Gasteiger partial charge in [-0.1, -0.05) is 18.6 Å². The maximum absolute atomic E-state index is 11.8. The van der Waals surface area contributed by atoms with Crippen LogP contribution >= 0.6 is 12.4 Å². The number of carbonyl (C=O) groups is 1. The number of nitrogens with one attached hydrogen (secondary N) is 1. The Morgan fingerprint density at radius 1 is 1.19 bits per heavy atom. The number of hydrogen-bond acceptors (Lipinski definition) is 3. The molecule has 21 heavy (non-hydrogen) atoms. The van der Waals surface area contributed by atoms with Gasteiger partial charge in [0.05, 0.1) is 11.6 Å². The minimum Gasteiger partial charge on any atom is -0.341 e. The smallest absolute Gasteiger partial charge is 0.222 e. The van der Waals surface area contributed by atoms with Gasteiger partial charge in [0.15, 0.2) is 0 Å². The van der Waals surface area contributed by atoms with Gasteiger partial charge in [0.25, 0.3) is 0 Å². The predicted octanol–water partition coefficient (Wildman–Crippen LogP) is 2.47. The number of carbonyl (C=O) groups excluding carboxylic acids is 1. The van der Waals surface area contributed by atoms with Crippen molar-refractivity contribution in [1.82, 2.24) is 10.2 Å². The summed E-state index contributed by atoms with van der Waals surface area (Å²) in [6.07, 6.45) is 4.03. The van der Waals surface area contributed by atoms with E-state index in [0.29, 0.717) is 17.9 Å². The molecule has 0 aliphatic carbocycles. The zero-order valence-corrected chi connectivity index (χ0v) is 13.0. The van der Waals surface area contributed by atoms with E-state index in [9.17, 15) is 4.79 Å². The van der Waals surface area contributed by atoms with Crippen molar-refractivity contribution in [3.63, 3.8) is 0 Å². The van der Waals surface area contributed by atoms with Crippen LogP contribution in [0.4, 0.5) is 0 Å². The van der Waals surface area contributed by atoms with Crippen LogP contribution in [0.2, 0.25) is 0 Å². The highest BCUT2D eigenvalue weighted by atomic mass is 35.5. The van der Waals surface area contributed by atoms with Crippen molar-refractivity contribution < 1.29 is 4.79 Å². The average molecular weight is 308 g/mol. The molecule has 0 atom stereocenters. The van der Waals surface area contributed by atoms with Gasteiger partial charge < -0.3 is 10.2 Å². The monoisotopic (exact) mass is 307 g/mol. The number of nitriles is 1. The Morgan fingerprint density at radius 3 is 2.67 bits per heavy atom. The summed E-state index contributed by atoms with van der Waals surface area (Å²) in [7, 11) is 0. The molecule has 1 aliphatic rings. The third-order valence-corrected chi connectivity index (χ3v) is 3.64. The molecule has 1 aliphatic heterocycles. The van der Waals surface area contributed by atoms with Crippen LogP contribution in [0, 0.1) is 11.3 Å². The van der Waals surface area contributed by atoms with Crippen molar-refractivity contribution in [1.29, 1.82) is 5.26 Å². The molecule has 5 heteroatoms. The van der Waals surface area contributed by atoms with Gasteiger partial charge in [-0.3, -0.25) is 4.79 Å². The van der Waals surface area contributed by atoms with Crippen LogP contribution in [-0.4, -0.2) is 30.4 Å². The molecule has 0 bridgehead atoms. The van der Waals surface area contributed by atoms with Crippen molar-refractivity contribution in [2.75, 3.05) is 19.6 Å². The molecular weight excluding hydrogens is 286 g/mol. The van der Waals surface area contributed by atoms with Gasteiger partial charge in [-0.05, 0) is 30.5 Å². The molecule has 1 aromatic rings. The Labute approximate surface area is 132 Å². The zero-order valence-electron chi connectivity index (χ0n) is 12.2. The standard InChI is InChI=1S/C16H21N3O.ClH/c17-12-14-5-7-15(8-6-14)13-18-9-11-19-10-3-1-2-4-16(19)20;/h5-8,18H,1-4,9-11,13H2;1H. The van der Waals surface area contributed by atoms with Crippen molar-refractivity contribution >= 4 is 18.3 Å². The van der Waals surface area contributed by atoms with E-state index in [0.717, 1.165) is 44.6 Å². The first-order chi connectivity index (χ1) is 9.79. The summed E-state index contributed by atoms with van der Waals surface area (Å²) in [6, 6.07) is 9.69. The molecule has 2 rings (SSSR count). The molecule has 1 amide bonds. The summed E-state index contributed by atoms with van der Waals surface area (Å²) in [4.78, 5) is 13.8. The van der Waals surface area contributed by atoms with Crippen LogP contribution in [0.1, 0.15) is 36.8 Å². The quantitative estimate of drug-likeness (QED) is 0.850. The van der Waals surface area contributed by atoms with E-state index in [1.807, 2.05) is 29.2 Å². The highest BCUT2D eigenvalue weighted by Crippen LogP contribution is 2.10. The van der Waals surface area contributed by atoms with Gasteiger partial charge >= 0.3 is 0 Å². The molecule has 0 spiro atoms. The molecule has 0 aromatic heterocycles. The number of halogens is 1. The van der Waals surface area contributed by atoms with E-state index in [-0.39, 0.29) is 12.4 Å². The van der Waals surface area contributed by atoms with Gasteiger partial charge in [0.1, 0.15) is 0 Å². The van der Waals surface area contributed by atoms with E-state index in [1.165, 1.54) is 6.42 Å². The molecule has 1 aromatic carbocycles. The number of likely N-dealkylation sites (tertiary alicyclic amines) is 1. The maximum Gasteiger partial charge on any atom is 0.222 e. The Kier molecular flexibility index (Phi) is 7.81. The lowest BCUT2D eigenvalue weighted by molar-refractivity contribution is -0.130. The third-order valence-electron chi connectivity index (χ3n) is 3.64. The van der Waals surface area contributed by atoms with Gasteiger partial charge in [-0.2, -0.15) is 5.26 Å². The zero-order chi connectivity index (χ0) is 14.2. The van der Waals surface area contributed by atoms with Crippen LogP contribution in [0.3, 0.4) is 0 Å². The average Bonchev–Trinajstić information content (AvgIpc) is 2.69. The van der Waals surface area contributed by atoms with Gasteiger partial charge in [-0.25, -0.2) is 0 Å². The van der Waals surface area contributed by atoms with Gasteiger partial charge in [0.2, 0.25) is 5.91 Å². The summed E-state index contributed by atoms with van der Waals surface area (Å²) in [5.74, 6) is 0.294. The van der Waals surface area contributed by atoms with E-state index in [4.69, 9.17) is 5.26 Å². The lowest BCUT2D eigenvalue weighted by Gasteiger charge is -2.20. The number of amides is 1. The van der Waals surface area contributed by atoms with Crippen LogP contribution in [0.5, 0.6) is 0 Å². The fourth-order valence-electron chi connectivity index (χ4n) is 2.42. The predicted molar refractivity (Wildman–Crippen MR) is 85.2 cm³/mol. The molecule has 114 valence electrons. The molecule has 1 saturated heterocycles. The van der Waals surface area contributed by atoms with Gasteiger partial charge in [-0.15, -0.1) is 12.4 Å². The molecule has 0 radical (unpaired) electrons. The lowest BCUT2D eigenvalue weighted by atomic mass is 10.1. The lowest BCUT2D eigenvalue weighted by Crippen LogP contribution is -2.36. The summed E-state index contributed by atoms with van der Waals surface area (Å²) in [5, 5.41) is 12.1. The summed E-state index contributed by atoms with van der Waals surface area (Å²) in [5.41, 5.74) is 1.84. The SMILES string of the molecule is Cl.N#Cc1ccc(CNCCN2CCCCCC2=O)cc1. The fourth-order valence-corrected chi connectivity index (χ4v) is 2.42. The molecule has 0 unspecified atom stereocenters. The largest absolute Gasteiger partial charge is 0.341 e. The Morgan fingerprint density at radius 2 is 1.95 bits per heavy atom. The van der Waals surface area contributed by atoms with E-state index in [2.05, 4.69) is 11.4 Å². The molecule has 1 fully saturated rings. The maximum atomic E-state index is 11.8. The van der Waals surface area contributed by atoms with Crippen molar-refractivity contribution in [2.24, 2.45) is 0 Å². The number of nitrogens with zero attached hydrogens (tertiary/aromatic N) is 2. The highest BCUT2D eigenvalue weighted by molar-refractivity contribution is 5.85. The number of hydrogen-bond donors (Lipinski definition) is 1. The first-order valence-electron chi connectivity index (χ1n) is 7.27. The summed E-state index contributed by atoms with van der Waals surface area (Å²) in [6.45, 7) is 3.27. The third kappa shape index (κ3) is 5.74. The first-order valence-corrected chi connectivity index (χ1v) is 7.27. The molecular formula is C16H22ClN3O. The Hall–Kier alpha value is -1.57.